The van der Waals surface area contributed by atoms with E-state index in [9.17, 15) is 9.59 Å². The van der Waals surface area contributed by atoms with Crippen molar-refractivity contribution in [2.24, 2.45) is 0 Å². The smallest absolute Gasteiger partial charge is 0.199 e. The molecule has 0 saturated carbocycles. The molecule has 0 saturated heterocycles. The number of carbonyl (C=O) groups is 2. The van der Waals surface area contributed by atoms with Crippen LogP contribution in [-0.4, -0.2) is 18.2 Å². The van der Waals surface area contributed by atoms with Gasteiger partial charge in [-0.1, -0.05) is 11.1 Å². The quantitative estimate of drug-likeness (QED) is 0.342. The molecule has 6 heteroatoms. The van der Waals surface area contributed by atoms with Crippen LogP contribution < -0.4 is 15.9 Å². The summed E-state index contributed by atoms with van der Waals surface area (Å²) in [5, 5.41) is 7.02. The van der Waals surface area contributed by atoms with Gasteiger partial charge in [0.2, 0.25) is 0 Å². The molecule has 0 bridgehead atoms. The van der Waals surface area contributed by atoms with E-state index in [0.29, 0.717) is 16.8 Å². The molecule has 1 radical (unpaired) electrons. The van der Waals surface area contributed by atoms with Crippen molar-refractivity contribution in [1.29, 1.82) is 0 Å². The van der Waals surface area contributed by atoms with Gasteiger partial charge in [-0.3, -0.25) is 4.79 Å². The molecule has 1 amide bonds. The summed E-state index contributed by atoms with van der Waals surface area (Å²) in [6.45, 7) is 4.28. The Hall–Kier alpha value is -1.18. The molecular formula is C17H18N2NpO2P-. The number of hydrogen-bond donors (Lipinski definition) is 2. The van der Waals surface area contributed by atoms with E-state index in [1.165, 1.54) is 6.92 Å². The van der Waals surface area contributed by atoms with Crippen LogP contribution in [0.25, 0.3) is 0 Å². The minimum absolute atomic E-state index is 0. The number of rotatable bonds is 5. The first kappa shape index (κ1) is 19.9. The Labute approximate surface area is 161 Å². The van der Waals surface area contributed by atoms with Gasteiger partial charge in [-0.05, 0) is 37.4 Å². The summed E-state index contributed by atoms with van der Waals surface area (Å²) in [6.07, 6.45) is 0. The van der Waals surface area contributed by atoms with E-state index in [4.69, 9.17) is 0 Å². The van der Waals surface area contributed by atoms with E-state index >= 15 is 0 Å². The maximum absolute atomic E-state index is 12.3. The molecule has 0 aliphatic rings. The first-order chi connectivity index (χ1) is 10.5. The predicted octanol–water partition coefficient (Wildman–Crippen LogP) is 2.87. The Morgan fingerprint density at radius 2 is 1.74 bits per heavy atom. The molecule has 0 fully saturated rings. The van der Waals surface area contributed by atoms with Crippen LogP contribution in [0.4, 0.5) is 11.4 Å². The molecule has 2 N–H and O–H groups in total. The monoisotopic (exact) mass is 549 g/mol. The van der Waals surface area contributed by atoms with Crippen molar-refractivity contribution in [3.63, 3.8) is 0 Å². The fourth-order valence-corrected chi connectivity index (χ4v) is 2.40. The van der Waals surface area contributed by atoms with Crippen LogP contribution >= 0.6 is 9.24 Å². The molecular weight excluding hydrogens is 532 g/mol. The predicted molar refractivity (Wildman–Crippen MR) is 93.2 cm³/mol. The molecule has 0 aliphatic heterocycles. The van der Waals surface area contributed by atoms with Crippen LogP contribution in [0.15, 0.2) is 36.4 Å². The van der Waals surface area contributed by atoms with Crippen molar-refractivity contribution in [1.82, 2.24) is 0 Å². The van der Waals surface area contributed by atoms with E-state index in [0.717, 1.165) is 17.5 Å². The normalized spacial score (nSPS) is 9.70. The number of hydrogen-bond acceptors (Lipinski definition) is 3. The third kappa shape index (κ3) is 5.75. The second kappa shape index (κ2) is 9.20. The van der Waals surface area contributed by atoms with Crippen molar-refractivity contribution >= 4 is 37.6 Å². The van der Waals surface area contributed by atoms with Crippen LogP contribution in [0.1, 0.15) is 34.6 Å². The molecule has 2 aromatic carbocycles. The third-order valence-electron chi connectivity index (χ3n) is 3.05. The van der Waals surface area contributed by atoms with Crippen molar-refractivity contribution in [2.75, 3.05) is 17.2 Å². The summed E-state index contributed by atoms with van der Waals surface area (Å²) in [5.74, 6) is -0.357. The molecule has 119 valence electrons. The summed E-state index contributed by atoms with van der Waals surface area (Å²) in [7, 11) is 2.62. The summed E-state index contributed by atoms with van der Waals surface area (Å²) >= 11 is 0. The average Bonchev–Trinajstić information content (AvgIpc) is 2.47. The Morgan fingerprint density at radius 1 is 1.09 bits per heavy atom. The first-order valence-electron chi connectivity index (χ1n) is 6.97. The largest absolute Gasteiger partial charge is 0.385 e. The zero-order valence-electron chi connectivity index (χ0n) is 13.0. The fourth-order valence-electron chi connectivity index (χ4n) is 2.04. The molecule has 2 aromatic rings. The molecule has 23 heavy (non-hydrogen) atoms. The fraction of sp³-hybridized carbons (Fsp3) is 0.176. The summed E-state index contributed by atoms with van der Waals surface area (Å²) in [6, 6.07) is 13.2. The Bertz CT molecular complexity index is 719. The van der Waals surface area contributed by atoms with E-state index < -0.39 is 0 Å². The van der Waals surface area contributed by atoms with Crippen LogP contribution in [0, 0.1) is 36.0 Å². The van der Waals surface area contributed by atoms with Crippen LogP contribution in [-0.2, 0) is 0 Å². The van der Waals surface area contributed by atoms with E-state index in [1.807, 2.05) is 25.1 Å². The summed E-state index contributed by atoms with van der Waals surface area (Å²) < 4.78 is 0. The Morgan fingerprint density at radius 3 is 2.39 bits per heavy atom. The number of nitrogens with one attached hydrogen (secondary N) is 2. The number of amides is 1. The van der Waals surface area contributed by atoms with Gasteiger partial charge in [-0.25, -0.2) is 0 Å². The molecule has 0 spiro atoms. The second-order valence-corrected chi connectivity index (χ2v) is 5.56. The molecule has 0 aliphatic carbocycles. The summed E-state index contributed by atoms with van der Waals surface area (Å²) in [4.78, 5) is 23.7. The SMILES string of the molecule is CCNc1cc(P)cc(NC(=O)c2c[c-]cc(C(C)=O)c2)c1.[Np]. The number of Topliss-reactive ketones (excluding diaryl/α,β-unsaturated/α-hetero) is 1. The third-order valence-corrected chi connectivity index (χ3v) is 3.38. The van der Waals surface area contributed by atoms with Gasteiger partial charge in [-0.2, -0.15) is 18.2 Å². The van der Waals surface area contributed by atoms with Gasteiger partial charge < -0.3 is 15.4 Å². The number of carbonyl (C=O) groups excluding carboxylic acids is 2. The molecule has 4 nitrogen and oxygen atoms in total. The number of anilines is 2. The maximum Gasteiger partial charge on any atom is 0.199 e. The van der Waals surface area contributed by atoms with E-state index in [1.54, 1.807) is 18.2 Å². The van der Waals surface area contributed by atoms with E-state index in [2.05, 4.69) is 25.9 Å². The second-order valence-electron chi connectivity index (χ2n) is 4.89. The van der Waals surface area contributed by atoms with Gasteiger partial charge >= 0.3 is 0 Å². The average molecular weight is 550 g/mol. The molecule has 0 heterocycles. The zero-order chi connectivity index (χ0) is 16.1. The zero-order valence-corrected chi connectivity index (χ0v) is 17.9. The first-order valence-corrected chi connectivity index (χ1v) is 7.55. The van der Waals surface area contributed by atoms with Crippen molar-refractivity contribution < 1.29 is 39.5 Å². The van der Waals surface area contributed by atoms with Gasteiger partial charge in [0.25, 0.3) is 0 Å². The van der Waals surface area contributed by atoms with Crippen LogP contribution in [0.3, 0.4) is 0 Å². The maximum atomic E-state index is 12.3. The van der Waals surface area contributed by atoms with E-state index in [-0.39, 0.29) is 41.6 Å². The number of benzene rings is 2. The topological polar surface area (TPSA) is 58.2 Å². The van der Waals surface area contributed by atoms with Gasteiger partial charge in [0.1, 0.15) is 5.78 Å². The minimum Gasteiger partial charge on any atom is -0.385 e. The van der Waals surface area contributed by atoms with Crippen molar-refractivity contribution in [2.45, 2.75) is 13.8 Å². The van der Waals surface area contributed by atoms with Crippen molar-refractivity contribution in [3.05, 3.63) is 53.6 Å². The van der Waals surface area contributed by atoms with Gasteiger partial charge in [-0.15, -0.1) is 15.3 Å². The Kier molecular flexibility index (Phi) is 7.95. The summed E-state index contributed by atoms with van der Waals surface area (Å²) in [5.41, 5.74) is 2.52. The Balaban J connectivity index is 0.00000264. The molecule has 0 aromatic heterocycles. The van der Waals surface area contributed by atoms with Gasteiger partial charge in [0, 0.05) is 47.9 Å². The molecule has 1 atom stereocenters. The van der Waals surface area contributed by atoms with Gasteiger partial charge in [0.05, 0.1) is 0 Å². The van der Waals surface area contributed by atoms with Crippen LogP contribution in [0.5, 0.6) is 0 Å². The molecule has 1 unspecified atom stereocenters. The van der Waals surface area contributed by atoms with Gasteiger partial charge in [0.15, 0.2) is 5.91 Å². The standard InChI is InChI=1S/C17H18N2O2P.Np/c1-3-18-14-8-15(10-16(22)9-14)19-17(21)13-6-4-5-12(7-13)11(2)20;/h5-10,18H,3,22H2,1-2H3,(H,19,21);/q-1;. The number of ketones is 1. The van der Waals surface area contributed by atoms with Crippen LogP contribution in [0.2, 0.25) is 0 Å². The minimum atomic E-state index is -0.266. The molecule has 2 rings (SSSR count). The van der Waals surface area contributed by atoms with Crippen molar-refractivity contribution in [3.8, 4) is 0 Å².